The lowest BCUT2D eigenvalue weighted by molar-refractivity contribution is -0.384. The van der Waals surface area contributed by atoms with Crippen LogP contribution in [0.5, 0.6) is 11.5 Å². The van der Waals surface area contributed by atoms with E-state index in [1.165, 1.54) is 30.3 Å². The minimum absolute atomic E-state index is 0.0212. The summed E-state index contributed by atoms with van der Waals surface area (Å²) in [4.78, 5) is 10.1. The molecule has 0 N–H and O–H groups in total. The van der Waals surface area contributed by atoms with Crippen molar-refractivity contribution in [1.29, 1.82) is 0 Å². The number of non-ortho nitro benzene ring substituents is 1. The molecule has 30 heavy (non-hydrogen) atoms. The van der Waals surface area contributed by atoms with E-state index in [1.54, 1.807) is 6.08 Å². The molecule has 0 atom stereocenters. The standard InChI is InChI=1S/C19H15F6NO4/c20-18(21,22)11-29-16-8-9-17(30-12-19(23,24)25)14(10-16)3-1-2-13-4-6-15(7-5-13)26(27)28/h1-2,4-10H,3,11-12H2. The number of alkyl halides is 6. The van der Waals surface area contributed by atoms with Gasteiger partial charge in [0.1, 0.15) is 11.5 Å². The number of benzene rings is 2. The van der Waals surface area contributed by atoms with Crippen LogP contribution >= 0.6 is 0 Å². The van der Waals surface area contributed by atoms with Crippen molar-refractivity contribution in [3.63, 3.8) is 0 Å². The zero-order valence-electron chi connectivity index (χ0n) is 15.2. The number of allylic oxidation sites excluding steroid dienone is 1. The SMILES string of the molecule is O=[N+]([O-])c1ccc(C=CCc2cc(OCC(F)(F)F)ccc2OCC(F)(F)F)cc1. The van der Waals surface area contributed by atoms with E-state index in [0.717, 1.165) is 18.2 Å². The molecule has 2 rings (SSSR count). The van der Waals surface area contributed by atoms with Gasteiger partial charge in [-0.1, -0.05) is 12.2 Å². The maximum atomic E-state index is 12.4. The molecule has 0 aliphatic carbocycles. The predicted molar refractivity (Wildman–Crippen MR) is 95.4 cm³/mol. The van der Waals surface area contributed by atoms with Gasteiger partial charge < -0.3 is 9.47 Å². The normalized spacial score (nSPS) is 12.2. The third-order valence-electron chi connectivity index (χ3n) is 3.58. The summed E-state index contributed by atoms with van der Waals surface area (Å²) >= 11 is 0. The van der Waals surface area contributed by atoms with Crippen LogP contribution in [0.4, 0.5) is 32.0 Å². The molecule has 0 saturated carbocycles. The van der Waals surface area contributed by atoms with Crippen LogP contribution < -0.4 is 9.47 Å². The maximum absolute atomic E-state index is 12.4. The fraction of sp³-hybridized carbons (Fsp3) is 0.263. The van der Waals surface area contributed by atoms with E-state index in [4.69, 9.17) is 4.74 Å². The maximum Gasteiger partial charge on any atom is 0.422 e. The minimum Gasteiger partial charge on any atom is -0.484 e. The van der Waals surface area contributed by atoms with Crippen LogP contribution in [0.3, 0.4) is 0 Å². The van der Waals surface area contributed by atoms with E-state index in [0.29, 0.717) is 5.56 Å². The van der Waals surface area contributed by atoms with Gasteiger partial charge in [-0.2, -0.15) is 26.3 Å². The smallest absolute Gasteiger partial charge is 0.422 e. The van der Waals surface area contributed by atoms with Crippen LogP contribution in [0.15, 0.2) is 48.5 Å². The van der Waals surface area contributed by atoms with Gasteiger partial charge in [-0.15, -0.1) is 0 Å². The molecule has 0 spiro atoms. The number of ether oxygens (including phenoxy) is 2. The van der Waals surface area contributed by atoms with Crippen molar-refractivity contribution in [3.05, 3.63) is 69.8 Å². The van der Waals surface area contributed by atoms with Gasteiger partial charge in [0.15, 0.2) is 13.2 Å². The van der Waals surface area contributed by atoms with Crippen molar-refractivity contribution in [3.8, 4) is 11.5 Å². The Balaban J connectivity index is 2.16. The highest BCUT2D eigenvalue weighted by Gasteiger charge is 2.30. The Labute approximate surface area is 166 Å². The second kappa shape index (κ2) is 9.51. The topological polar surface area (TPSA) is 61.6 Å². The van der Waals surface area contributed by atoms with Crippen molar-refractivity contribution < 1.29 is 40.7 Å². The molecule has 0 unspecified atom stereocenters. The third-order valence-corrected chi connectivity index (χ3v) is 3.58. The van der Waals surface area contributed by atoms with Gasteiger partial charge in [-0.3, -0.25) is 10.1 Å². The molecule has 2 aromatic rings. The van der Waals surface area contributed by atoms with Crippen LogP contribution in [-0.4, -0.2) is 30.5 Å². The number of halogens is 6. The van der Waals surface area contributed by atoms with Crippen molar-refractivity contribution in [1.82, 2.24) is 0 Å². The predicted octanol–water partition coefficient (Wildman–Crippen LogP) is 5.73. The van der Waals surface area contributed by atoms with Crippen molar-refractivity contribution in [2.45, 2.75) is 18.8 Å². The molecule has 11 heteroatoms. The Morgan fingerprint density at radius 3 is 2.07 bits per heavy atom. The van der Waals surface area contributed by atoms with Crippen molar-refractivity contribution in [2.24, 2.45) is 0 Å². The van der Waals surface area contributed by atoms with E-state index in [2.05, 4.69) is 4.74 Å². The fourth-order valence-electron chi connectivity index (χ4n) is 2.30. The fourth-order valence-corrected chi connectivity index (χ4v) is 2.30. The van der Waals surface area contributed by atoms with Gasteiger partial charge in [0.05, 0.1) is 4.92 Å². The van der Waals surface area contributed by atoms with Gasteiger partial charge in [0, 0.05) is 17.7 Å². The quantitative estimate of drug-likeness (QED) is 0.302. The summed E-state index contributed by atoms with van der Waals surface area (Å²) in [6.45, 7) is -3.11. The molecule has 2 aromatic carbocycles. The average molecular weight is 435 g/mol. The van der Waals surface area contributed by atoms with Crippen LogP contribution in [0.2, 0.25) is 0 Å². The van der Waals surface area contributed by atoms with Gasteiger partial charge in [0.25, 0.3) is 5.69 Å². The molecule has 0 bridgehead atoms. The van der Waals surface area contributed by atoms with Crippen LogP contribution in [0, 0.1) is 10.1 Å². The first-order valence-electron chi connectivity index (χ1n) is 8.36. The zero-order chi connectivity index (χ0) is 22.4. The molecule has 0 heterocycles. The zero-order valence-corrected chi connectivity index (χ0v) is 15.2. The first-order valence-corrected chi connectivity index (χ1v) is 8.36. The van der Waals surface area contributed by atoms with Crippen LogP contribution in [0.1, 0.15) is 11.1 Å². The number of rotatable bonds is 8. The minimum atomic E-state index is -4.59. The number of nitro groups is 1. The molecular formula is C19H15F6NO4. The van der Waals surface area contributed by atoms with E-state index < -0.39 is 30.5 Å². The Morgan fingerprint density at radius 2 is 1.50 bits per heavy atom. The number of nitro benzene ring substituents is 1. The molecule has 0 aromatic heterocycles. The Kier molecular flexibility index (Phi) is 7.30. The summed E-state index contributed by atoms with van der Waals surface area (Å²) in [6, 6.07) is 8.86. The Morgan fingerprint density at radius 1 is 0.900 bits per heavy atom. The Bertz CT molecular complexity index is 891. The average Bonchev–Trinajstić information content (AvgIpc) is 2.64. The lowest BCUT2D eigenvalue weighted by atomic mass is 10.1. The monoisotopic (exact) mass is 435 g/mol. The highest BCUT2D eigenvalue weighted by Crippen LogP contribution is 2.28. The summed E-state index contributed by atoms with van der Waals surface area (Å²) in [7, 11) is 0. The van der Waals surface area contributed by atoms with E-state index in [1.807, 2.05) is 0 Å². The summed E-state index contributed by atoms with van der Waals surface area (Å²) in [5.74, 6) is -0.328. The largest absolute Gasteiger partial charge is 0.484 e. The molecule has 0 saturated heterocycles. The molecule has 0 fully saturated rings. The Hall–Kier alpha value is -3.24. The second-order valence-electron chi connectivity index (χ2n) is 6.03. The molecule has 0 radical (unpaired) electrons. The number of nitrogens with zero attached hydrogens (tertiary/aromatic N) is 1. The summed E-state index contributed by atoms with van der Waals surface area (Å²) in [5, 5.41) is 10.6. The lowest BCUT2D eigenvalue weighted by Crippen LogP contribution is -2.20. The van der Waals surface area contributed by atoms with Crippen LogP contribution in [0.25, 0.3) is 6.08 Å². The first kappa shape index (κ1) is 23.0. The second-order valence-corrected chi connectivity index (χ2v) is 6.03. The number of hydrogen-bond acceptors (Lipinski definition) is 4. The highest BCUT2D eigenvalue weighted by atomic mass is 19.4. The molecule has 5 nitrogen and oxygen atoms in total. The van der Waals surface area contributed by atoms with Gasteiger partial charge >= 0.3 is 12.4 Å². The van der Waals surface area contributed by atoms with Crippen LogP contribution in [-0.2, 0) is 6.42 Å². The van der Waals surface area contributed by atoms with E-state index in [9.17, 15) is 36.5 Å². The van der Waals surface area contributed by atoms with Crippen molar-refractivity contribution in [2.75, 3.05) is 13.2 Å². The van der Waals surface area contributed by atoms with Gasteiger partial charge in [-0.05, 0) is 42.3 Å². The first-order chi connectivity index (χ1) is 13.9. The number of hydrogen-bond donors (Lipinski definition) is 0. The van der Waals surface area contributed by atoms with Gasteiger partial charge in [0.2, 0.25) is 0 Å². The van der Waals surface area contributed by atoms with Gasteiger partial charge in [-0.25, -0.2) is 0 Å². The molecule has 0 aliphatic rings. The molecule has 0 amide bonds. The van der Waals surface area contributed by atoms with E-state index >= 15 is 0 Å². The summed E-state index contributed by atoms with van der Waals surface area (Å²) in [6.07, 6.45) is -6.04. The summed E-state index contributed by atoms with van der Waals surface area (Å²) in [5.41, 5.74) is 0.657. The van der Waals surface area contributed by atoms with E-state index in [-0.39, 0.29) is 29.2 Å². The third kappa shape index (κ3) is 8.02. The molecule has 162 valence electrons. The molecule has 0 aliphatic heterocycles. The molecular weight excluding hydrogens is 420 g/mol. The lowest BCUT2D eigenvalue weighted by Gasteiger charge is -2.15. The highest BCUT2D eigenvalue weighted by molar-refractivity contribution is 5.53. The van der Waals surface area contributed by atoms with Crippen molar-refractivity contribution >= 4 is 11.8 Å². The summed E-state index contributed by atoms with van der Waals surface area (Å²) < 4.78 is 83.6.